The monoisotopic (exact) mass is 371 g/mol. The van der Waals surface area contributed by atoms with E-state index in [-0.39, 0.29) is 23.7 Å². The maximum absolute atomic E-state index is 13.3. The first kappa shape index (κ1) is 17.9. The van der Waals surface area contributed by atoms with Crippen molar-refractivity contribution in [3.8, 4) is 11.6 Å². The Morgan fingerprint density at radius 1 is 1.22 bits per heavy atom. The van der Waals surface area contributed by atoms with Crippen LogP contribution in [-0.4, -0.2) is 46.6 Å². The van der Waals surface area contributed by atoms with Gasteiger partial charge in [0.05, 0.1) is 11.9 Å². The highest BCUT2D eigenvalue weighted by Crippen LogP contribution is 2.29. The van der Waals surface area contributed by atoms with Crippen LogP contribution in [0.2, 0.25) is 0 Å². The molecule has 0 radical (unpaired) electrons. The molecule has 0 unspecified atom stereocenters. The highest BCUT2D eigenvalue weighted by Gasteiger charge is 2.31. The second kappa shape index (κ2) is 8.00. The fraction of sp³-hybridized carbons (Fsp3) is 0.450. The Hall–Kier alpha value is -2.54. The number of carbonyl (C=O) groups is 1. The van der Waals surface area contributed by atoms with Gasteiger partial charge in [-0.05, 0) is 37.8 Å². The molecule has 1 aromatic heterocycles. The number of carbonyl (C=O) groups excluding carboxylic acids is 1. The van der Waals surface area contributed by atoms with Gasteiger partial charge < -0.3 is 14.4 Å². The van der Waals surface area contributed by atoms with E-state index in [0.29, 0.717) is 31.3 Å². The van der Waals surface area contributed by atoms with Crippen molar-refractivity contribution in [3.05, 3.63) is 48.2 Å². The average Bonchev–Trinajstić information content (AvgIpc) is 3.23. The molecule has 2 aliphatic heterocycles. The van der Waals surface area contributed by atoms with E-state index in [0.717, 1.165) is 31.4 Å². The first-order valence-electron chi connectivity index (χ1n) is 9.35. The van der Waals surface area contributed by atoms with Crippen LogP contribution in [0, 0.1) is 5.82 Å². The number of aromatic nitrogens is 2. The number of nitrogens with zero attached hydrogens (tertiary/aromatic N) is 3. The van der Waals surface area contributed by atoms with Crippen molar-refractivity contribution in [2.75, 3.05) is 19.7 Å². The van der Waals surface area contributed by atoms with Gasteiger partial charge in [0, 0.05) is 37.9 Å². The molecule has 0 spiro atoms. The number of rotatable bonds is 4. The van der Waals surface area contributed by atoms with E-state index >= 15 is 0 Å². The third-order valence-electron chi connectivity index (χ3n) is 5.08. The Morgan fingerprint density at radius 3 is 2.81 bits per heavy atom. The van der Waals surface area contributed by atoms with Gasteiger partial charge in [-0.25, -0.2) is 9.37 Å². The molecule has 2 aromatic rings. The molecular weight excluding hydrogens is 349 g/mol. The normalized spacial score (nSPS) is 20.6. The molecule has 0 bridgehead atoms. The van der Waals surface area contributed by atoms with Gasteiger partial charge in [0.1, 0.15) is 17.7 Å². The van der Waals surface area contributed by atoms with Crippen molar-refractivity contribution >= 4 is 5.91 Å². The second-order valence-electron chi connectivity index (χ2n) is 6.94. The standard InChI is InChI=1S/C20H22FN3O3/c21-15-3-1-4-16(11-15)27-19-13-22-12-17(23-19)14-6-8-24(9-7-14)20(25)18-5-2-10-26-18/h1,3-4,11-14,18H,2,5-10H2/t18-/m0/s1. The molecule has 27 heavy (non-hydrogen) atoms. The van der Waals surface area contributed by atoms with Gasteiger partial charge in [-0.1, -0.05) is 6.07 Å². The van der Waals surface area contributed by atoms with E-state index in [4.69, 9.17) is 9.47 Å². The van der Waals surface area contributed by atoms with Crippen molar-refractivity contribution in [1.82, 2.24) is 14.9 Å². The Bertz CT molecular complexity index is 803. The van der Waals surface area contributed by atoms with E-state index in [1.807, 2.05) is 4.90 Å². The van der Waals surface area contributed by atoms with Gasteiger partial charge in [-0.2, -0.15) is 0 Å². The molecule has 142 valence electrons. The van der Waals surface area contributed by atoms with Crippen LogP contribution in [0.5, 0.6) is 11.6 Å². The molecule has 0 N–H and O–H groups in total. The zero-order valence-electron chi connectivity index (χ0n) is 15.0. The van der Waals surface area contributed by atoms with E-state index in [2.05, 4.69) is 9.97 Å². The summed E-state index contributed by atoms with van der Waals surface area (Å²) in [5.74, 6) is 0.705. The van der Waals surface area contributed by atoms with Gasteiger partial charge in [-0.3, -0.25) is 9.78 Å². The second-order valence-corrected chi connectivity index (χ2v) is 6.94. The van der Waals surface area contributed by atoms with Crippen molar-refractivity contribution in [3.63, 3.8) is 0 Å². The number of likely N-dealkylation sites (tertiary alicyclic amines) is 1. The maximum atomic E-state index is 13.3. The topological polar surface area (TPSA) is 64.5 Å². The van der Waals surface area contributed by atoms with E-state index in [1.54, 1.807) is 18.3 Å². The summed E-state index contributed by atoms with van der Waals surface area (Å²) in [6, 6.07) is 5.93. The Balaban J connectivity index is 1.37. The van der Waals surface area contributed by atoms with Crippen LogP contribution < -0.4 is 4.74 Å². The minimum Gasteiger partial charge on any atom is -0.437 e. The van der Waals surface area contributed by atoms with Crippen LogP contribution >= 0.6 is 0 Å². The number of ether oxygens (including phenoxy) is 2. The highest BCUT2D eigenvalue weighted by atomic mass is 19.1. The summed E-state index contributed by atoms with van der Waals surface area (Å²) in [6.45, 7) is 2.07. The highest BCUT2D eigenvalue weighted by molar-refractivity contribution is 5.81. The molecule has 2 aliphatic rings. The van der Waals surface area contributed by atoms with Gasteiger partial charge in [0.25, 0.3) is 5.91 Å². The van der Waals surface area contributed by atoms with Gasteiger partial charge in [0.15, 0.2) is 0 Å². The zero-order valence-corrected chi connectivity index (χ0v) is 15.0. The number of benzene rings is 1. The third kappa shape index (κ3) is 4.24. The minimum absolute atomic E-state index is 0.111. The summed E-state index contributed by atoms with van der Waals surface area (Å²) in [7, 11) is 0. The van der Waals surface area contributed by atoms with Crippen molar-refractivity contribution in [2.45, 2.75) is 37.7 Å². The van der Waals surface area contributed by atoms with E-state index < -0.39 is 0 Å². The number of hydrogen-bond donors (Lipinski definition) is 0. The summed E-state index contributed by atoms with van der Waals surface area (Å²) in [6.07, 6.45) is 6.44. The summed E-state index contributed by atoms with van der Waals surface area (Å²) >= 11 is 0. The minimum atomic E-state index is -0.361. The fourth-order valence-electron chi connectivity index (χ4n) is 3.63. The molecule has 7 heteroatoms. The van der Waals surface area contributed by atoms with E-state index in [1.165, 1.54) is 18.3 Å². The molecule has 4 rings (SSSR count). The summed E-state index contributed by atoms with van der Waals surface area (Å²) in [4.78, 5) is 23.1. The molecular formula is C20H22FN3O3. The SMILES string of the molecule is O=C([C@@H]1CCCO1)N1CCC(c2cncc(Oc3cccc(F)c3)n2)CC1. The third-order valence-corrected chi connectivity index (χ3v) is 5.08. The summed E-state index contributed by atoms with van der Waals surface area (Å²) in [5, 5.41) is 0. The molecule has 2 saturated heterocycles. The predicted molar refractivity (Wildman–Crippen MR) is 96.0 cm³/mol. The van der Waals surface area contributed by atoms with Crippen LogP contribution in [-0.2, 0) is 9.53 Å². The molecule has 1 amide bonds. The molecule has 0 saturated carbocycles. The average molecular weight is 371 g/mol. The van der Waals surface area contributed by atoms with E-state index in [9.17, 15) is 9.18 Å². The lowest BCUT2D eigenvalue weighted by atomic mass is 9.93. The predicted octanol–water partition coefficient (Wildman–Crippen LogP) is 3.29. The Morgan fingerprint density at radius 2 is 2.07 bits per heavy atom. The molecule has 6 nitrogen and oxygen atoms in total. The van der Waals surface area contributed by atoms with Gasteiger partial charge >= 0.3 is 0 Å². The van der Waals surface area contributed by atoms with Crippen LogP contribution in [0.15, 0.2) is 36.7 Å². The van der Waals surface area contributed by atoms with Crippen molar-refractivity contribution in [2.24, 2.45) is 0 Å². The first-order valence-corrected chi connectivity index (χ1v) is 9.35. The van der Waals surface area contributed by atoms with Gasteiger partial charge in [0.2, 0.25) is 5.88 Å². The van der Waals surface area contributed by atoms with Crippen LogP contribution in [0.25, 0.3) is 0 Å². The van der Waals surface area contributed by atoms with Crippen LogP contribution in [0.1, 0.15) is 37.3 Å². The smallest absolute Gasteiger partial charge is 0.251 e. The Labute approximate surface area is 157 Å². The van der Waals surface area contributed by atoms with Crippen molar-refractivity contribution in [1.29, 1.82) is 0 Å². The van der Waals surface area contributed by atoms with Crippen LogP contribution in [0.3, 0.4) is 0 Å². The van der Waals surface area contributed by atoms with Crippen LogP contribution in [0.4, 0.5) is 4.39 Å². The summed E-state index contributed by atoms with van der Waals surface area (Å²) in [5.41, 5.74) is 0.841. The molecule has 0 aliphatic carbocycles. The zero-order chi connectivity index (χ0) is 18.6. The number of halogens is 1. The lowest BCUT2D eigenvalue weighted by molar-refractivity contribution is -0.142. The largest absolute Gasteiger partial charge is 0.437 e. The summed E-state index contributed by atoms with van der Waals surface area (Å²) < 4.78 is 24.4. The lowest BCUT2D eigenvalue weighted by Gasteiger charge is -2.33. The Kier molecular flexibility index (Phi) is 5.29. The number of piperidine rings is 1. The molecule has 1 aromatic carbocycles. The first-order chi connectivity index (χ1) is 13.2. The quantitative estimate of drug-likeness (QED) is 0.825. The molecule has 1 atom stereocenters. The van der Waals surface area contributed by atoms with Gasteiger partial charge in [-0.15, -0.1) is 0 Å². The lowest BCUT2D eigenvalue weighted by Crippen LogP contribution is -2.43. The number of amides is 1. The maximum Gasteiger partial charge on any atom is 0.251 e. The van der Waals surface area contributed by atoms with Crippen molar-refractivity contribution < 1.29 is 18.7 Å². The number of hydrogen-bond acceptors (Lipinski definition) is 5. The molecule has 2 fully saturated rings. The fourth-order valence-corrected chi connectivity index (χ4v) is 3.63. The molecule has 3 heterocycles.